The summed E-state index contributed by atoms with van der Waals surface area (Å²) < 4.78 is 41.2. The van der Waals surface area contributed by atoms with E-state index in [9.17, 15) is 8.42 Å². The van der Waals surface area contributed by atoms with Gasteiger partial charge in [0.05, 0.1) is 25.3 Å². The molecule has 7 nitrogen and oxygen atoms in total. The molecule has 0 radical (unpaired) electrons. The summed E-state index contributed by atoms with van der Waals surface area (Å²) in [5, 5.41) is 0. The quantitative estimate of drug-likeness (QED) is 0.435. The van der Waals surface area contributed by atoms with Crippen LogP contribution < -0.4 is 14.2 Å². The molecule has 32 heavy (non-hydrogen) atoms. The molecule has 0 spiro atoms. The van der Waals surface area contributed by atoms with Gasteiger partial charge < -0.3 is 14.0 Å². The van der Waals surface area contributed by atoms with Crippen LogP contribution in [0.15, 0.2) is 71.6 Å². The van der Waals surface area contributed by atoms with Gasteiger partial charge in [0.2, 0.25) is 0 Å². The summed E-state index contributed by atoms with van der Waals surface area (Å²) in [6.07, 6.45) is 1.47. The first-order valence-electron chi connectivity index (χ1n) is 10.2. The first-order chi connectivity index (χ1) is 15.4. The van der Waals surface area contributed by atoms with Crippen molar-refractivity contribution in [1.29, 1.82) is 0 Å². The van der Waals surface area contributed by atoms with Crippen molar-refractivity contribution in [3.05, 3.63) is 78.1 Å². The van der Waals surface area contributed by atoms with E-state index in [2.05, 4.69) is 9.29 Å². The monoisotopic (exact) mass is 451 g/mol. The highest BCUT2D eigenvalue weighted by Gasteiger charge is 2.21. The highest BCUT2D eigenvalue weighted by atomic mass is 32.2. The Bertz CT molecular complexity index is 1360. The van der Waals surface area contributed by atoms with Gasteiger partial charge in [-0.2, -0.15) is 0 Å². The van der Waals surface area contributed by atoms with Gasteiger partial charge in [0.25, 0.3) is 10.0 Å². The lowest BCUT2D eigenvalue weighted by Crippen LogP contribution is -2.14. The van der Waals surface area contributed by atoms with E-state index in [0.717, 1.165) is 35.3 Å². The van der Waals surface area contributed by atoms with Crippen LogP contribution in [0.1, 0.15) is 11.4 Å². The molecule has 0 amide bonds. The number of methoxy groups -OCH3 is 2. The summed E-state index contributed by atoms with van der Waals surface area (Å²) in [5.41, 5.74) is 3.56. The molecule has 166 valence electrons. The van der Waals surface area contributed by atoms with E-state index < -0.39 is 10.0 Å². The topological polar surface area (TPSA) is 82.4 Å². The number of para-hydroxylation sites is 2. The second kappa shape index (κ2) is 8.92. The van der Waals surface area contributed by atoms with Crippen LogP contribution in [-0.4, -0.2) is 32.2 Å². The molecular weight excluding hydrogens is 426 g/mol. The van der Waals surface area contributed by atoms with E-state index in [1.807, 2.05) is 49.5 Å². The molecule has 1 N–H and O–H groups in total. The first-order valence-corrected chi connectivity index (χ1v) is 11.6. The highest BCUT2D eigenvalue weighted by molar-refractivity contribution is 7.92. The lowest BCUT2D eigenvalue weighted by atomic mass is 10.1. The molecule has 0 aliphatic heterocycles. The third-order valence-electron chi connectivity index (χ3n) is 5.36. The molecule has 4 rings (SSSR count). The number of aryl methyl sites for hydroxylation is 3. The van der Waals surface area contributed by atoms with Crippen LogP contribution in [-0.2, 0) is 29.9 Å². The fourth-order valence-electron chi connectivity index (χ4n) is 3.67. The van der Waals surface area contributed by atoms with Crippen molar-refractivity contribution in [1.82, 2.24) is 9.55 Å². The van der Waals surface area contributed by atoms with E-state index in [1.165, 1.54) is 20.3 Å². The number of benzene rings is 3. The molecule has 0 unspecified atom stereocenters. The Balaban J connectivity index is 1.53. The van der Waals surface area contributed by atoms with Gasteiger partial charge in [0.1, 0.15) is 22.2 Å². The largest absolute Gasteiger partial charge is 0.497 e. The maximum atomic E-state index is 13.0. The smallest absolute Gasteiger partial charge is 0.265 e. The highest BCUT2D eigenvalue weighted by Crippen LogP contribution is 2.30. The lowest BCUT2D eigenvalue weighted by Gasteiger charge is -2.13. The number of fused-ring (bicyclic) bond motifs is 1. The Morgan fingerprint density at radius 2 is 1.75 bits per heavy atom. The minimum absolute atomic E-state index is 0.0180. The van der Waals surface area contributed by atoms with Crippen LogP contribution in [0.2, 0.25) is 0 Å². The number of anilines is 1. The number of nitrogens with one attached hydrogen (secondary N) is 1. The van der Waals surface area contributed by atoms with Gasteiger partial charge in [-0.05, 0) is 48.4 Å². The predicted molar refractivity (Wildman–Crippen MR) is 125 cm³/mol. The minimum Gasteiger partial charge on any atom is -0.497 e. The normalized spacial score (nSPS) is 11.5. The zero-order valence-electron chi connectivity index (χ0n) is 18.2. The average molecular weight is 452 g/mol. The van der Waals surface area contributed by atoms with Crippen LogP contribution in [0.3, 0.4) is 0 Å². The Kier molecular flexibility index (Phi) is 6.05. The molecular formula is C24H25N3O4S. The Labute approximate surface area is 187 Å². The second-order valence-corrected chi connectivity index (χ2v) is 9.05. The number of rotatable bonds is 8. The lowest BCUT2D eigenvalue weighted by molar-refractivity contribution is 0.392. The summed E-state index contributed by atoms with van der Waals surface area (Å²) in [6.45, 7) is 0. The molecule has 0 aliphatic rings. The fraction of sp³-hybridized carbons (Fsp3) is 0.208. The van der Waals surface area contributed by atoms with Crippen molar-refractivity contribution in [3.8, 4) is 11.5 Å². The van der Waals surface area contributed by atoms with E-state index in [1.54, 1.807) is 18.2 Å². The van der Waals surface area contributed by atoms with Crippen molar-refractivity contribution in [2.45, 2.75) is 17.7 Å². The molecule has 3 aromatic carbocycles. The summed E-state index contributed by atoms with van der Waals surface area (Å²) in [6, 6.07) is 20.1. The second-order valence-electron chi connectivity index (χ2n) is 7.40. The number of nitrogens with zero attached hydrogens (tertiary/aromatic N) is 2. The fourth-order valence-corrected chi connectivity index (χ4v) is 4.90. The molecule has 0 saturated heterocycles. The van der Waals surface area contributed by atoms with Gasteiger partial charge in [0.15, 0.2) is 0 Å². The molecule has 0 fully saturated rings. The zero-order chi connectivity index (χ0) is 22.7. The minimum atomic E-state index is -3.87. The van der Waals surface area contributed by atoms with Gasteiger partial charge in [-0.1, -0.05) is 24.3 Å². The predicted octanol–water partition coefficient (Wildman–Crippen LogP) is 4.18. The van der Waals surface area contributed by atoms with Crippen molar-refractivity contribution >= 4 is 26.7 Å². The van der Waals surface area contributed by atoms with Crippen molar-refractivity contribution in [2.24, 2.45) is 7.05 Å². The van der Waals surface area contributed by atoms with Gasteiger partial charge in [-0.3, -0.25) is 4.72 Å². The van der Waals surface area contributed by atoms with Gasteiger partial charge in [0, 0.05) is 25.2 Å². The summed E-state index contributed by atoms with van der Waals surface area (Å²) >= 11 is 0. The maximum absolute atomic E-state index is 13.0. The first kappa shape index (κ1) is 21.7. The third-order valence-corrected chi connectivity index (χ3v) is 6.76. The molecule has 0 atom stereocenters. The van der Waals surface area contributed by atoms with Gasteiger partial charge >= 0.3 is 0 Å². The van der Waals surface area contributed by atoms with Crippen molar-refractivity contribution in [3.63, 3.8) is 0 Å². The van der Waals surface area contributed by atoms with Crippen LogP contribution in [0.25, 0.3) is 11.0 Å². The number of aromatic nitrogens is 2. The number of hydrogen-bond acceptors (Lipinski definition) is 5. The van der Waals surface area contributed by atoms with Gasteiger partial charge in [-0.25, -0.2) is 13.4 Å². The molecule has 1 heterocycles. The summed E-state index contributed by atoms with van der Waals surface area (Å²) in [4.78, 5) is 4.73. The number of hydrogen-bond donors (Lipinski definition) is 1. The molecule has 0 saturated carbocycles. The van der Waals surface area contributed by atoms with Crippen LogP contribution in [0, 0.1) is 0 Å². The van der Waals surface area contributed by atoms with Crippen molar-refractivity contribution in [2.75, 3.05) is 18.9 Å². The Hall–Kier alpha value is -3.52. The SMILES string of the molecule is COc1ccc(OC)c(S(=O)(=O)Nc2cccc(CCc3nc4ccccc4n3C)c2)c1. The molecule has 1 aromatic heterocycles. The molecule has 0 aliphatic carbocycles. The Morgan fingerprint density at radius 3 is 2.50 bits per heavy atom. The zero-order valence-corrected chi connectivity index (χ0v) is 19.0. The van der Waals surface area contributed by atoms with Crippen LogP contribution in [0.5, 0.6) is 11.5 Å². The molecule has 8 heteroatoms. The standard InChI is InChI=1S/C24H25N3O4S/c1-27-21-10-5-4-9-20(21)25-24(27)14-11-17-7-6-8-18(15-17)26-32(28,29)23-16-19(30-2)12-13-22(23)31-3/h4-10,12-13,15-16,26H,11,14H2,1-3H3. The van der Waals surface area contributed by atoms with Crippen LogP contribution in [0.4, 0.5) is 5.69 Å². The van der Waals surface area contributed by atoms with E-state index in [0.29, 0.717) is 11.4 Å². The number of imidazole rings is 1. The molecule has 4 aromatic rings. The molecule has 0 bridgehead atoms. The van der Waals surface area contributed by atoms with E-state index in [-0.39, 0.29) is 10.6 Å². The third kappa shape index (κ3) is 4.40. The maximum Gasteiger partial charge on any atom is 0.265 e. The van der Waals surface area contributed by atoms with Gasteiger partial charge in [-0.15, -0.1) is 0 Å². The average Bonchev–Trinajstić information content (AvgIpc) is 3.13. The van der Waals surface area contributed by atoms with Crippen LogP contribution >= 0.6 is 0 Å². The van der Waals surface area contributed by atoms with Crippen molar-refractivity contribution < 1.29 is 17.9 Å². The summed E-state index contributed by atoms with van der Waals surface area (Å²) in [7, 11) is 1.06. The van der Waals surface area contributed by atoms with E-state index >= 15 is 0 Å². The summed E-state index contributed by atoms with van der Waals surface area (Å²) in [5.74, 6) is 1.66. The number of sulfonamides is 1. The number of ether oxygens (including phenoxy) is 2. The van der Waals surface area contributed by atoms with E-state index in [4.69, 9.17) is 14.5 Å². The Morgan fingerprint density at radius 1 is 0.938 bits per heavy atom.